The van der Waals surface area contributed by atoms with E-state index in [0.29, 0.717) is 0 Å². The fraction of sp³-hybridized carbons (Fsp3) is 0.750. The number of hydrogen-bond acceptors (Lipinski definition) is 3. The summed E-state index contributed by atoms with van der Waals surface area (Å²) < 4.78 is 0. The molecule has 0 aliphatic heterocycles. The molecule has 0 aliphatic rings. The maximum absolute atomic E-state index is 9.57. The van der Waals surface area contributed by atoms with Crippen molar-refractivity contribution in [2.45, 2.75) is 13.0 Å². The fourth-order valence-corrected chi connectivity index (χ4v) is 0. The molecule has 0 aromatic carbocycles. The van der Waals surface area contributed by atoms with Crippen molar-refractivity contribution in [3.05, 3.63) is 0 Å². The Balaban J connectivity index is -0.0000000222. The van der Waals surface area contributed by atoms with Gasteiger partial charge in [-0.3, -0.25) is 4.79 Å². The molecule has 54 valence electrons. The molecule has 1 unspecified atom stereocenters. The van der Waals surface area contributed by atoms with E-state index in [1.54, 1.807) is 0 Å². The van der Waals surface area contributed by atoms with E-state index in [9.17, 15) is 4.79 Å². The Bertz CT molecular complexity index is 74.4. The minimum atomic E-state index is -0.963. The van der Waals surface area contributed by atoms with E-state index in [0.717, 1.165) is 7.11 Å². The first kappa shape index (κ1) is 16.3. The molecule has 0 aromatic rings. The molecule has 0 rings (SSSR count). The van der Waals surface area contributed by atoms with Gasteiger partial charge in [-0.15, -0.1) is 0 Å². The molecule has 4 nitrogen and oxygen atoms in total. The molecule has 0 aliphatic carbocycles. The Morgan fingerprint density at radius 3 is 1.78 bits per heavy atom. The molecule has 0 fully saturated rings. The van der Waals surface area contributed by atoms with Crippen LogP contribution in [0.4, 0.5) is 0 Å². The number of rotatable bonds is 1. The van der Waals surface area contributed by atoms with Gasteiger partial charge in [0, 0.05) is 7.11 Å². The van der Waals surface area contributed by atoms with E-state index in [1.807, 2.05) is 0 Å². The zero-order valence-electron chi connectivity index (χ0n) is 7.66. The number of carbonyl (C=O) groups is 1. The van der Waals surface area contributed by atoms with Crippen LogP contribution in [-0.4, -0.2) is 67.1 Å². The number of carboxylic acid groups (broad SMARTS) is 1. The summed E-state index contributed by atoms with van der Waals surface area (Å²) in [6.07, 6.45) is 0. The van der Waals surface area contributed by atoms with Crippen LogP contribution in [-0.2, 0) is 4.79 Å². The molecule has 0 bridgehead atoms. The van der Waals surface area contributed by atoms with Crippen LogP contribution >= 0.6 is 0 Å². The number of carboxylic acids is 1. The van der Waals surface area contributed by atoms with E-state index in [4.69, 9.17) is 15.9 Å². The van der Waals surface area contributed by atoms with Gasteiger partial charge in [0.25, 0.3) is 0 Å². The molecule has 0 spiro atoms. The summed E-state index contributed by atoms with van der Waals surface area (Å²) in [5.74, 6) is -0.963. The molecule has 9 heavy (non-hydrogen) atoms. The molecule has 0 amide bonds. The Morgan fingerprint density at radius 2 is 1.78 bits per heavy atom. The van der Waals surface area contributed by atoms with Gasteiger partial charge < -0.3 is 18.8 Å². The van der Waals surface area contributed by atoms with Crippen LogP contribution in [0.1, 0.15) is 9.78 Å². The molecular weight excluding hydrogens is 150 g/mol. The van der Waals surface area contributed by atoms with E-state index >= 15 is 0 Å². The maximum atomic E-state index is 9.57. The molecular formula is C4H13CaNO3. The molecule has 0 aromatic heterocycles. The van der Waals surface area contributed by atoms with Crippen molar-refractivity contribution >= 4 is 43.7 Å². The Kier molecular flexibility index (Phi) is 20.8. The number of nitrogens with two attached hydrogens (primary N) is 1. The number of aliphatic carboxylic acids is 1. The van der Waals surface area contributed by atoms with Gasteiger partial charge in [0.1, 0.15) is 6.04 Å². The van der Waals surface area contributed by atoms with Gasteiger partial charge in [-0.2, -0.15) is 0 Å². The monoisotopic (exact) mass is 163 g/mol. The molecule has 0 heterocycles. The van der Waals surface area contributed by atoms with Crippen LogP contribution in [0, 0.1) is 0 Å². The predicted octanol–water partition coefficient (Wildman–Crippen LogP) is -1.13. The number of hydrogen-bond donors (Lipinski definition) is 3. The minimum Gasteiger partial charge on any atom is -1.00 e. The predicted molar refractivity (Wildman–Crippen MR) is 37.4 cm³/mol. The summed E-state index contributed by atoms with van der Waals surface area (Å²) in [5.41, 5.74) is 4.84. The summed E-state index contributed by atoms with van der Waals surface area (Å²) in [5, 5.41) is 14.9. The largest absolute Gasteiger partial charge is 2.00 e. The van der Waals surface area contributed by atoms with Gasteiger partial charge in [-0.25, -0.2) is 0 Å². The van der Waals surface area contributed by atoms with Crippen molar-refractivity contribution in [2.24, 2.45) is 5.73 Å². The van der Waals surface area contributed by atoms with E-state index in [-0.39, 0.29) is 40.6 Å². The topological polar surface area (TPSA) is 83.6 Å². The third kappa shape index (κ3) is 17.7. The quantitative estimate of drug-likeness (QED) is 0.427. The van der Waals surface area contributed by atoms with E-state index < -0.39 is 12.0 Å². The fourth-order valence-electron chi connectivity index (χ4n) is 0. The second-order valence-electron chi connectivity index (χ2n) is 1.13. The van der Waals surface area contributed by atoms with Crippen molar-refractivity contribution < 1.29 is 17.9 Å². The smallest absolute Gasteiger partial charge is 1.00 e. The van der Waals surface area contributed by atoms with Crippen LogP contribution in [0.25, 0.3) is 0 Å². The van der Waals surface area contributed by atoms with E-state index in [1.165, 1.54) is 6.92 Å². The summed E-state index contributed by atoms with van der Waals surface area (Å²) in [6, 6.07) is -0.731. The minimum absolute atomic E-state index is 0. The van der Waals surface area contributed by atoms with Crippen molar-refractivity contribution in [3.63, 3.8) is 0 Å². The summed E-state index contributed by atoms with van der Waals surface area (Å²) in [4.78, 5) is 9.57. The first-order valence-corrected chi connectivity index (χ1v) is 2.07. The third-order valence-corrected chi connectivity index (χ3v) is 0.390. The number of aliphatic hydroxyl groups is 1. The van der Waals surface area contributed by atoms with Gasteiger partial charge in [-0.1, -0.05) is 0 Å². The first-order valence-electron chi connectivity index (χ1n) is 2.07. The SMILES string of the molecule is CC(N)C(=O)O.CO.[Ca+2].[H-].[H-]. The zero-order chi connectivity index (χ0) is 7.15. The van der Waals surface area contributed by atoms with Crippen molar-refractivity contribution in [1.29, 1.82) is 0 Å². The average molecular weight is 163 g/mol. The van der Waals surface area contributed by atoms with Gasteiger partial charge in [0.05, 0.1) is 0 Å². The standard InChI is InChI=1S/C3H7NO2.CH4O.Ca.2H/c1-2(4)3(5)6;1-2;;;/h2H,4H2,1H3,(H,5,6);2H,1H3;;;/q;;+2;2*-1. The molecule has 1 atom stereocenters. The molecule has 5 heteroatoms. The Morgan fingerprint density at radius 1 is 1.67 bits per heavy atom. The van der Waals surface area contributed by atoms with E-state index in [2.05, 4.69) is 0 Å². The summed E-state index contributed by atoms with van der Waals surface area (Å²) in [7, 11) is 1.00. The Hall–Kier alpha value is 0.650. The van der Waals surface area contributed by atoms with Gasteiger partial charge in [-0.05, 0) is 6.92 Å². The molecule has 4 N–H and O–H groups in total. The van der Waals surface area contributed by atoms with Gasteiger partial charge >= 0.3 is 43.7 Å². The average Bonchev–Trinajstić information content (AvgIpc) is 1.72. The van der Waals surface area contributed by atoms with Gasteiger partial charge in [0.2, 0.25) is 0 Å². The molecule has 0 radical (unpaired) electrons. The third-order valence-electron chi connectivity index (χ3n) is 0.390. The molecule has 0 saturated heterocycles. The number of aliphatic hydroxyl groups excluding tert-OH is 1. The van der Waals surface area contributed by atoms with Crippen molar-refractivity contribution in [2.75, 3.05) is 7.11 Å². The second-order valence-corrected chi connectivity index (χ2v) is 1.13. The van der Waals surface area contributed by atoms with Crippen LogP contribution in [0.3, 0.4) is 0 Å². The Labute approximate surface area is 87.0 Å². The van der Waals surface area contributed by atoms with Gasteiger partial charge in [0.15, 0.2) is 0 Å². The van der Waals surface area contributed by atoms with Crippen LogP contribution in [0.5, 0.6) is 0 Å². The van der Waals surface area contributed by atoms with Crippen molar-refractivity contribution in [3.8, 4) is 0 Å². The summed E-state index contributed by atoms with van der Waals surface area (Å²) >= 11 is 0. The van der Waals surface area contributed by atoms with Crippen molar-refractivity contribution in [1.82, 2.24) is 0 Å². The van der Waals surface area contributed by atoms with Crippen LogP contribution in [0.15, 0.2) is 0 Å². The maximum Gasteiger partial charge on any atom is 2.00 e. The van der Waals surface area contributed by atoms with Crippen LogP contribution < -0.4 is 5.73 Å². The zero-order valence-corrected chi connectivity index (χ0v) is 7.87. The first-order chi connectivity index (χ1) is 3.64. The normalized spacial score (nSPS) is 9.78. The summed E-state index contributed by atoms with van der Waals surface area (Å²) in [6.45, 7) is 1.42. The second kappa shape index (κ2) is 11.4. The molecule has 0 saturated carbocycles. The van der Waals surface area contributed by atoms with Crippen LogP contribution in [0.2, 0.25) is 0 Å².